The highest BCUT2D eigenvalue weighted by Crippen LogP contribution is 2.24. The van der Waals surface area contributed by atoms with Gasteiger partial charge in [0.1, 0.15) is 17.7 Å². The maximum Gasteiger partial charge on any atom is 0.349 e. The number of anilines is 1. The van der Waals surface area contributed by atoms with E-state index in [2.05, 4.69) is 25.7 Å². The van der Waals surface area contributed by atoms with Crippen LogP contribution in [0, 0.1) is 6.92 Å². The number of carbonyl (C=O) groups is 1. The van der Waals surface area contributed by atoms with Gasteiger partial charge >= 0.3 is 5.63 Å². The number of hydrogen-bond donors (Lipinski definition) is 2. The van der Waals surface area contributed by atoms with Crippen LogP contribution in [-0.4, -0.2) is 45.9 Å². The van der Waals surface area contributed by atoms with Crippen molar-refractivity contribution >= 4 is 22.7 Å². The molecule has 0 saturated heterocycles. The molecule has 0 aliphatic heterocycles. The third kappa shape index (κ3) is 4.37. The smallest absolute Gasteiger partial charge is 0.349 e. The molecule has 0 fully saturated rings. The highest BCUT2D eigenvalue weighted by atomic mass is 16.5. The second-order valence-corrected chi connectivity index (χ2v) is 6.67. The second kappa shape index (κ2) is 8.66. The van der Waals surface area contributed by atoms with Gasteiger partial charge in [-0.25, -0.2) is 19.4 Å². The first kappa shape index (κ1) is 20.1. The Kier molecular flexibility index (Phi) is 5.61. The summed E-state index contributed by atoms with van der Waals surface area (Å²) in [5.74, 6) is 1.12. The SMILES string of the molecule is COc1cccc2cc(C(=O)NCCNc3cc(-n4ccc(C)n4)ncn3)c(=O)oc12. The Labute approximate surface area is 176 Å². The average Bonchev–Trinajstić information content (AvgIpc) is 3.22. The average molecular weight is 420 g/mol. The molecule has 0 saturated carbocycles. The molecular weight excluding hydrogens is 400 g/mol. The second-order valence-electron chi connectivity index (χ2n) is 6.67. The summed E-state index contributed by atoms with van der Waals surface area (Å²) in [6, 6.07) is 10.3. The van der Waals surface area contributed by atoms with Crippen molar-refractivity contribution in [1.29, 1.82) is 0 Å². The van der Waals surface area contributed by atoms with Gasteiger partial charge in [-0.1, -0.05) is 12.1 Å². The van der Waals surface area contributed by atoms with Gasteiger partial charge in [0.2, 0.25) is 0 Å². The minimum atomic E-state index is -0.725. The molecule has 0 spiro atoms. The van der Waals surface area contributed by atoms with Crippen molar-refractivity contribution in [3.05, 3.63) is 70.6 Å². The summed E-state index contributed by atoms with van der Waals surface area (Å²) in [6.45, 7) is 2.56. The summed E-state index contributed by atoms with van der Waals surface area (Å²) < 4.78 is 12.1. The third-order valence-corrected chi connectivity index (χ3v) is 4.51. The predicted octanol–water partition coefficient (Wildman–Crippen LogP) is 1.93. The molecule has 0 atom stereocenters. The van der Waals surface area contributed by atoms with E-state index in [1.807, 2.05) is 19.2 Å². The van der Waals surface area contributed by atoms with Crippen LogP contribution < -0.4 is 21.0 Å². The van der Waals surface area contributed by atoms with Gasteiger partial charge in [0.15, 0.2) is 17.2 Å². The summed E-state index contributed by atoms with van der Waals surface area (Å²) in [5.41, 5.74) is 0.393. The Hall–Kier alpha value is -4.21. The number of ether oxygens (including phenoxy) is 1. The standard InChI is InChI=1S/C21H20N6O4/c1-13-6-9-27(26-13)18-11-17(24-12-25-18)22-7-8-23-20(28)15-10-14-4-3-5-16(30-2)19(14)31-21(15)29/h3-6,9-12H,7-8H2,1-2H3,(H,23,28)(H,22,24,25). The molecule has 1 amide bonds. The van der Waals surface area contributed by atoms with Crippen LogP contribution in [0.4, 0.5) is 5.82 Å². The highest BCUT2D eigenvalue weighted by molar-refractivity contribution is 5.97. The normalized spacial score (nSPS) is 10.8. The van der Waals surface area contributed by atoms with E-state index >= 15 is 0 Å². The lowest BCUT2D eigenvalue weighted by Crippen LogP contribution is -2.32. The van der Waals surface area contributed by atoms with Crippen LogP contribution in [0.1, 0.15) is 16.1 Å². The fourth-order valence-corrected chi connectivity index (χ4v) is 3.01. The molecule has 10 nitrogen and oxygen atoms in total. The molecule has 158 valence electrons. The summed E-state index contributed by atoms with van der Waals surface area (Å²) in [7, 11) is 1.49. The predicted molar refractivity (Wildman–Crippen MR) is 114 cm³/mol. The number of nitrogens with one attached hydrogen (secondary N) is 2. The van der Waals surface area contributed by atoms with Crippen molar-refractivity contribution in [1.82, 2.24) is 25.1 Å². The monoisotopic (exact) mass is 420 g/mol. The number of carbonyl (C=O) groups excluding carboxylic acids is 1. The van der Waals surface area contributed by atoms with E-state index in [-0.39, 0.29) is 12.1 Å². The van der Waals surface area contributed by atoms with E-state index in [1.165, 1.54) is 19.5 Å². The zero-order valence-electron chi connectivity index (χ0n) is 17.0. The molecular formula is C21H20N6O4. The van der Waals surface area contributed by atoms with Crippen LogP contribution in [0.5, 0.6) is 5.75 Å². The molecule has 3 aromatic heterocycles. The van der Waals surface area contributed by atoms with Crippen LogP contribution >= 0.6 is 0 Å². The molecule has 0 radical (unpaired) electrons. The summed E-state index contributed by atoms with van der Waals surface area (Å²) in [5, 5.41) is 10.7. The molecule has 4 rings (SSSR count). The van der Waals surface area contributed by atoms with Gasteiger partial charge in [-0.3, -0.25) is 4.79 Å². The Bertz CT molecular complexity index is 1300. The molecule has 4 aromatic rings. The Morgan fingerprint density at radius 3 is 2.84 bits per heavy atom. The Morgan fingerprint density at radius 2 is 2.06 bits per heavy atom. The quantitative estimate of drug-likeness (QED) is 0.343. The first-order valence-electron chi connectivity index (χ1n) is 9.53. The zero-order valence-corrected chi connectivity index (χ0v) is 17.0. The minimum absolute atomic E-state index is 0.0703. The van der Waals surface area contributed by atoms with E-state index in [0.717, 1.165) is 5.69 Å². The van der Waals surface area contributed by atoms with Crippen LogP contribution in [0.2, 0.25) is 0 Å². The maximum atomic E-state index is 12.4. The van der Waals surface area contributed by atoms with Gasteiger partial charge in [0.05, 0.1) is 12.8 Å². The van der Waals surface area contributed by atoms with Crippen LogP contribution in [0.3, 0.4) is 0 Å². The largest absolute Gasteiger partial charge is 0.493 e. The van der Waals surface area contributed by atoms with E-state index in [4.69, 9.17) is 9.15 Å². The zero-order chi connectivity index (χ0) is 21.8. The molecule has 0 aliphatic rings. The lowest BCUT2D eigenvalue weighted by molar-refractivity contribution is 0.0951. The van der Waals surface area contributed by atoms with E-state index in [9.17, 15) is 9.59 Å². The van der Waals surface area contributed by atoms with Gasteiger partial charge in [0, 0.05) is 30.7 Å². The Morgan fingerprint density at radius 1 is 1.19 bits per heavy atom. The summed E-state index contributed by atoms with van der Waals surface area (Å²) in [4.78, 5) is 33.0. The van der Waals surface area contributed by atoms with Gasteiger partial charge in [-0.05, 0) is 25.1 Å². The van der Waals surface area contributed by atoms with Gasteiger partial charge in [-0.2, -0.15) is 5.10 Å². The first-order chi connectivity index (χ1) is 15.0. The van der Waals surface area contributed by atoms with Crippen molar-refractivity contribution in [2.45, 2.75) is 6.92 Å². The van der Waals surface area contributed by atoms with Crippen molar-refractivity contribution in [3.63, 3.8) is 0 Å². The molecule has 0 aliphatic carbocycles. The van der Waals surface area contributed by atoms with Crippen LogP contribution in [0.15, 0.2) is 58.1 Å². The molecule has 3 heterocycles. The number of methoxy groups -OCH3 is 1. The van der Waals surface area contributed by atoms with Crippen LogP contribution in [-0.2, 0) is 0 Å². The van der Waals surface area contributed by atoms with Crippen LogP contribution in [0.25, 0.3) is 16.8 Å². The van der Waals surface area contributed by atoms with Crippen molar-refractivity contribution < 1.29 is 13.9 Å². The molecule has 10 heteroatoms. The van der Waals surface area contributed by atoms with Crippen molar-refractivity contribution in [3.8, 4) is 11.6 Å². The van der Waals surface area contributed by atoms with Gasteiger partial charge < -0.3 is 19.8 Å². The van der Waals surface area contributed by atoms with E-state index in [0.29, 0.717) is 34.9 Å². The maximum absolute atomic E-state index is 12.4. The molecule has 31 heavy (non-hydrogen) atoms. The lowest BCUT2D eigenvalue weighted by Gasteiger charge is -2.09. The number of benzene rings is 1. The minimum Gasteiger partial charge on any atom is -0.493 e. The van der Waals surface area contributed by atoms with E-state index < -0.39 is 11.5 Å². The summed E-state index contributed by atoms with van der Waals surface area (Å²) in [6.07, 6.45) is 3.24. The number of aryl methyl sites for hydroxylation is 1. The fourth-order valence-electron chi connectivity index (χ4n) is 3.01. The van der Waals surface area contributed by atoms with Crippen molar-refractivity contribution in [2.75, 3.05) is 25.5 Å². The third-order valence-electron chi connectivity index (χ3n) is 4.51. The fraction of sp³-hybridized carbons (Fsp3) is 0.190. The van der Waals surface area contributed by atoms with Crippen molar-refractivity contribution in [2.24, 2.45) is 0 Å². The number of rotatable bonds is 7. The summed E-state index contributed by atoms with van der Waals surface area (Å²) >= 11 is 0. The lowest BCUT2D eigenvalue weighted by atomic mass is 10.1. The molecule has 0 bridgehead atoms. The number of nitrogens with zero attached hydrogens (tertiary/aromatic N) is 4. The number of hydrogen-bond acceptors (Lipinski definition) is 8. The number of para-hydroxylation sites is 1. The highest BCUT2D eigenvalue weighted by Gasteiger charge is 2.15. The van der Waals surface area contributed by atoms with E-state index in [1.54, 1.807) is 28.9 Å². The number of aromatic nitrogens is 4. The topological polar surface area (TPSA) is 124 Å². The van der Waals surface area contributed by atoms with Gasteiger partial charge in [0.25, 0.3) is 5.91 Å². The molecule has 0 unspecified atom stereocenters. The molecule has 2 N–H and O–H groups in total. The van der Waals surface area contributed by atoms with Gasteiger partial charge in [-0.15, -0.1) is 0 Å². The first-order valence-corrected chi connectivity index (χ1v) is 9.53. The number of amides is 1. The Balaban J connectivity index is 1.38. The molecule has 1 aromatic carbocycles. The number of fused-ring (bicyclic) bond motifs is 1.